The standard InChI is InChI=1S/C26H19N2O5S/c1-27-19-11-5-2-8-16(19)24(17-9-3-6-12-20(17)27)26(34)32-21-13-7-4-10-18(21)25(31)33-28-22(29)14-15-23(28)30/h2-13H,14-15H2,1H3/q+1. The Morgan fingerprint density at radius 3 is 2.00 bits per heavy atom. The molecule has 0 saturated carbocycles. The van der Waals surface area contributed by atoms with Crippen molar-refractivity contribution >= 4 is 56.9 Å². The van der Waals surface area contributed by atoms with Crippen LogP contribution in [0, 0.1) is 0 Å². The monoisotopic (exact) mass is 471 g/mol. The molecule has 2 amide bonds. The number of aromatic nitrogens is 1. The molecule has 1 aromatic heterocycles. The van der Waals surface area contributed by atoms with Gasteiger partial charge in [-0.1, -0.05) is 36.4 Å². The Balaban J connectivity index is 1.54. The molecule has 7 nitrogen and oxygen atoms in total. The maximum atomic E-state index is 12.8. The summed E-state index contributed by atoms with van der Waals surface area (Å²) in [7, 11) is 1.99. The summed E-state index contributed by atoms with van der Waals surface area (Å²) in [4.78, 5) is 41.6. The first-order chi connectivity index (χ1) is 16.5. The van der Waals surface area contributed by atoms with E-state index in [1.165, 1.54) is 6.07 Å². The molecule has 0 N–H and O–H groups in total. The number of aryl methyl sites for hydroxylation is 1. The number of para-hydroxylation sites is 3. The average molecular weight is 472 g/mol. The molecule has 2 heterocycles. The van der Waals surface area contributed by atoms with Crippen LogP contribution in [0.1, 0.15) is 28.8 Å². The van der Waals surface area contributed by atoms with Crippen molar-refractivity contribution in [3.63, 3.8) is 0 Å². The van der Waals surface area contributed by atoms with Crippen LogP contribution in [0.3, 0.4) is 0 Å². The lowest BCUT2D eigenvalue weighted by molar-refractivity contribution is -0.617. The fourth-order valence-corrected chi connectivity index (χ4v) is 4.42. The lowest BCUT2D eigenvalue weighted by Crippen LogP contribution is -2.32. The molecule has 8 heteroatoms. The van der Waals surface area contributed by atoms with Crippen molar-refractivity contribution in [2.24, 2.45) is 7.05 Å². The molecule has 1 saturated heterocycles. The third-order valence-electron chi connectivity index (χ3n) is 5.76. The Hall–Kier alpha value is -4.17. The van der Waals surface area contributed by atoms with E-state index in [0.29, 0.717) is 5.06 Å². The number of pyridine rings is 1. The van der Waals surface area contributed by atoms with Crippen LogP contribution in [-0.4, -0.2) is 27.9 Å². The van der Waals surface area contributed by atoms with Crippen molar-refractivity contribution in [3.8, 4) is 5.75 Å². The fourth-order valence-electron chi connectivity index (χ4n) is 4.11. The first-order valence-corrected chi connectivity index (χ1v) is 11.1. The summed E-state index contributed by atoms with van der Waals surface area (Å²) in [6, 6.07) is 22.1. The normalized spacial score (nSPS) is 13.5. The summed E-state index contributed by atoms with van der Waals surface area (Å²) < 4.78 is 8.15. The molecular weight excluding hydrogens is 452 g/mol. The molecule has 168 valence electrons. The molecule has 34 heavy (non-hydrogen) atoms. The molecule has 0 atom stereocenters. The van der Waals surface area contributed by atoms with Gasteiger partial charge >= 0.3 is 5.97 Å². The van der Waals surface area contributed by atoms with Crippen LogP contribution in [-0.2, 0) is 21.5 Å². The van der Waals surface area contributed by atoms with Gasteiger partial charge in [0.05, 0.1) is 16.3 Å². The second-order valence-electron chi connectivity index (χ2n) is 7.81. The van der Waals surface area contributed by atoms with E-state index in [0.717, 1.165) is 27.4 Å². The van der Waals surface area contributed by atoms with Crippen molar-refractivity contribution in [2.75, 3.05) is 0 Å². The zero-order valence-corrected chi connectivity index (χ0v) is 19.0. The van der Waals surface area contributed by atoms with Crippen LogP contribution in [0.15, 0.2) is 72.8 Å². The van der Waals surface area contributed by atoms with Gasteiger partial charge in [-0.3, -0.25) is 9.59 Å². The lowest BCUT2D eigenvalue weighted by atomic mass is 10.0. The minimum absolute atomic E-state index is 0.0138. The molecule has 0 radical (unpaired) electrons. The number of carbonyl (C=O) groups excluding carboxylic acids is 3. The Labute approximate surface area is 200 Å². The van der Waals surface area contributed by atoms with E-state index in [9.17, 15) is 14.4 Å². The molecular formula is C26H19N2O5S+. The molecule has 3 aromatic carbocycles. The average Bonchev–Trinajstić information content (AvgIpc) is 3.16. The number of fused-ring (bicyclic) bond motifs is 2. The van der Waals surface area contributed by atoms with E-state index in [-0.39, 0.29) is 29.2 Å². The first kappa shape index (κ1) is 21.7. The van der Waals surface area contributed by atoms with Crippen LogP contribution >= 0.6 is 12.2 Å². The molecule has 5 rings (SSSR count). The summed E-state index contributed by atoms with van der Waals surface area (Å²) in [6.45, 7) is 0. The Morgan fingerprint density at radius 2 is 1.38 bits per heavy atom. The molecule has 0 spiro atoms. The molecule has 4 aromatic rings. The highest BCUT2D eigenvalue weighted by molar-refractivity contribution is 7.80. The summed E-state index contributed by atoms with van der Waals surface area (Å²) in [5.41, 5.74) is 2.72. The van der Waals surface area contributed by atoms with Gasteiger partial charge in [0, 0.05) is 25.0 Å². The van der Waals surface area contributed by atoms with Crippen molar-refractivity contribution in [3.05, 3.63) is 83.9 Å². The molecule has 1 fully saturated rings. The number of benzene rings is 3. The number of hydrogen-bond donors (Lipinski definition) is 0. The maximum absolute atomic E-state index is 12.8. The van der Waals surface area contributed by atoms with Crippen molar-refractivity contribution in [1.29, 1.82) is 0 Å². The van der Waals surface area contributed by atoms with Gasteiger partial charge in [0.25, 0.3) is 11.8 Å². The molecule has 0 aliphatic carbocycles. The smallest absolute Gasteiger partial charge is 0.367 e. The van der Waals surface area contributed by atoms with Gasteiger partial charge in [-0.05, 0) is 36.5 Å². The van der Waals surface area contributed by atoms with E-state index < -0.39 is 17.8 Å². The number of rotatable bonds is 4. The minimum atomic E-state index is -0.879. The van der Waals surface area contributed by atoms with E-state index in [2.05, 4.69) is 4.57 Å². The quantitative estimate of drug-likeness (QED) is 0.195. The second-order valence-corrected chi connectivity index (χ2v) is 8.19. The largest absolute Gasteiger partial charge is 0.444 e. The number of ether oxygens (including phenoxy) is 1. The summed E-state index contributed by atoms with van der Waals surface area (Å²) in [5, 5.41) is 2.50. The number of imide groups is 1. The predicted molar refractivity (Wildman–Crippen MR) is 128 cm³/mol. The van der Waals surface area contributed by atoms with Crippen molar-refractivity contribution in [1.82, 2.24) is 5.06 Å². The SMILES string of the molecule is C[n+]1c2ccccc2c(C(=S)Oc2ccccc2C(=O)ON2C(=O)CCC2=O)c2ccccc21. The van der Waals surface area contributed by atoms with Gasteiger partial charge in [-0.25, -0.2) is 4.79 Å². The van der Waals surface area contributed by atoms with E-state index >= 15 is 0 Å². The van der Waals surface area contributed by atoms with E-state index in [1.807, 2.05) is 55.6 Å². The Morgan fingerprint density at radius 1 is 0.853 bits per heavy atom. The van der Waals surface area contributed by atoms with Crippen LogP contribution in [0.5, 0.6) is 5.75 Å². The van der Waals surface area contributed by atoms with Gasteiger partial charge in [-0.15, -0.1) is 5.06 Å². The van der Waals surface area contributed by atoms with Crippen LogP contribution in [0.25, 0.3) is 21.8 Å². The van der Waals surface area contributed by atoms with Crippen molar-refractivity contribution in [2.45, 2.75) is 12.8 Å². The van der Waals surface area contributed by atoms with Gasteiger partial charge < -0.3 is 9.57 Å². The molecule has 1 aliphatic heterocycles. The summed E-state index contributed by atoms with van der Waals surface area (Å²) in [5.74, 6) is -1.82. The highest BCUT2D eigenvalue weighted by Gasteiger charge is 2.34. The summed E-state index contributed by atoms with van der Waals surface area (Å²) >= 11 is 5.73. The van der Waals surface area contributed by atoms with Gasteiger partial charge in [-0.2, -0.15) is 4.57 Å². The highest BCUT2D eigenvalue weighted by atomic mass is 32.1. The number of amides is 2. The zero-order valence-electron chi connectivity index (χ0n) is 18.2. The van der Waals surface area contributed by atoms with Gasteiger partial charge in [0.15, 0.2) is 5.05 Å². The van der Waals surface area contributed by atoms with Crippen LogP contribution < -0.4 is 9.30 Å². The highest BCUT2D eigenvalue weighted by Crippen LogP contribution is 2.28. The lowest BCUT2D eigenvalue weighted by Gasteiger charge is -2.16. The molecule has 1 aliphatic rings. The van der Waals surface area contributed by atoms with E-state index in [4.69, 9.17) is 21.8 Å². The summed E-state index contributed by atoms with van der Waals surface area (Å²) in [6.07, 6.45) is 0.0276. The number of nitrogens with zero attached hydrogens (tertiary/aromatic N) is 2. The fraction of sp³-hybridized carbons (Fsp3) is 0.115. The molecule has 0 bridgehead atoms. The Bertz CT molecular complexity index is 1440. The third-order valence-corrected chi connectivity index (χ3v) is 6.05. The van der Waals surface area contributed by atoms with Crippen LogP contribution in [0.2, 0.25) is 0 Å². The van der Waals surface area contributed by atoms with Gasteiger partial charge in [0.1, 0.15) is 18.4 Å². The zero-order chi connectivity index (χ0) is 23.8. The third kappa shape index (κ3) is 3.68. The van der Waals surface area contributed by atoms with Gasteiger partial charge in [0.2, 0.25) is 11.0 Å². The number of hydrogen-bond acceptors (Lipinski definition) is 6. The topological polar surface area (TPSA) is 76.8 Å². The second kappa shape index (κ2) is 8.64. The van der Waals surface area contributed by atoms with Crippen LogP contribution in [0.4, 0.5) is 0 Å². The number of hydroxylamine groups is 2. The number of thiocarbonyl (C=S) groups is 1. The first-order valence-electron chi connectivity index (χ1n) is 10.6. The Kier molecular flexibility index (Phi) is 5.51. The van der Waals surface area contributed by atoms with Crippen molar-refractivity contribution < 1.29 is 28.5 Å². The predicted octanol–water partition coefficient (Wildman–Crippen LogP) is 3.79. The molecule has 0 unspecified atom stereocenters. The maximum Gasteiger partial charge on any atom is 0.367 e. The minimum Gasteiger partial charge on any atom is -0.444 e. The number of carbonyl (C=O) groups is 3. The van der Waals surface area contributed by atoms with E-state index in [1.54, 1.807) is 18.2 Å².